The van der Waals surface area contributed by atoms with Crippen molar-refractivity contribution in [2.75, 3.05) is 6.61 Å². The Bertz CT molecular complexity index is 494. The Labute approximate surface area is 118 Å². The van der Waals surface area contributed by atoms with Crippen LogP contribution in [0.15, 0.2) is 18.2 Å². The summed E-state index contributed by atoms with van der Waals surface area (Å²) in [6, 6.07) is 4.43. The zero-order chi connectivity index (χ0) is 14.0. The normalized spacial score (nSPS) is 24.8. The Morgan fingerprint density at radius 2 is 2.15 bits per heavy atom. The highest BCUT2D eigenvalue weighted by Gasteiger charge is 2.41. The van der Waals surface area contributed by atoms with Crippen LogP contribution in [0.25, 0.3) is 0 Å². The summed E-state index contributed by atoms with van der Waals surface area (Å²) < 4.78 is 25.6. The predicted octanol–water partition coefficient (Wildman–Crippen LogP) is 3.51. The van der Waals surface area contributed by atoms with Crippen LogP contribution in [0, 0.1) is 5.82 Å². The fourth-order valence-electron chi connectivity index (χ4n) is 3.36. The second-order valence-corrected chi connectivity index (χ2v) is 5.75. The molecule has 4 heteroatoms. The quantitative estimate of drug-likeness (QED) is 0.794. The lowest BCUT2D eigenvalue weighted by Crippen LogP contribution is -2.41. The summed E-state index contributed by atoms with van der Waals surface area (Å²) in [6.07, 6.45) is 6.60. The highest BCUT2D eigenvalue weighted by molar-refractivity contribution is 5.79. The maximum absolute atomic E-state index is 13.8. The van der Waals surface area contributed by atoms with E-state index in [0.717, 1.165) is 25.7 Å². The van der Waals surface area contributed by atoms with Crippen LogP contribution in [0.5, 0.6) is 5.75 Å². The third-order valence-electron chi connectivity index (χ3n) is 4.37. The van der Waals surface area contributed by atoms with Crippen molar-refractivity contribution >= 4 is 6.29 Å². The molecule has 0 bridgehead atoms. The van der Waals surface area contributed by atoms with Gasteiger partial charge in [-0.25, -0.2) is 4.39 Å². The van der Waals surface area contributed by atoms with E-state index in [1.807, 2.05) is 0 Å². The van der Waals surface area contributed by atoms with Gasteiger partial charge in [0.2, 0.25) is 0 Å². The summed E-state index contributed by atoms with van der Waals surface area (Å²) in [5.74, 6) is -0.385. The number of carbonyl (C=O) groups is 1. The molecular formula is C16H19FO3. The van der Waals surface area contributed by atoms with E-state index in [4.69, 9.17) is 9.47 Å². The van der Waals surface area contributed by atoms with Crippen molar-refractivity contribution in [3.8, 4) is 5.75 Å². The number of hydrogen-bond acceptors (Lipinski definition) is 3. The van der Waals surface area contributed by atoms with Gasteiger partial charge in [0.1, 0.15) is 6.10 Å². The molecule has 0 N–H and O–H groups in total. The zero-order valence-corrected chi connectivity index (χ0v) is 11.4. The molecule has 1 unspecified atom stereocenters. The summed E-state index contributed by atoms with van der Waals surface area (Å²) in [4.78, 5) is 11.0. The maximum Gasteiger partial charge on any atom is 0.165 e. The van der Waals surface area contributed by atoms with Crippen molar-refractivity contribution in [2.45, 2.75) is 50.2 Å². The Kier molecular flexibility index (Phi) is 3.74. The largest absolute Gasteiger partial charge is 0.486 e. The highest BCUT2D eigenvalue weighted by Crippen LogP contribution is 2.41. The molecule has 2 fully saturated rings. The fourth-order valence-corrected chi connectivity index (χ4v) is 3.36. The molecule has 2 aliphatic rings. The molecule has 0 radical (unpaired) electrons. The van der Waals surface area contributed by atoms with Gasteiger partial charge < -0.3 is 9.47 Å². The van der Waals surface area contributed by atoms with Crippen LogP contribution < -0.4 is 4.74 Å². The molecule has 0 aromatic heterocycles. The highest BCUT2D eigenvalue weighted by atomic mass is 19.1. The number of halogens is 1. The molecule has 1 aliphatic carbocycles. The summed E-state index contributed by atoms with van der Waals surface area (Å²) in [5.41, 5.74) is 0.201. The minimum Gasteiger partial charge on any atom is -0.486 e. The molecule has 1 saturated heterocycles. The first-order chi connectivity index (χ1) is 9.72. The molecular weight excluding hydrogens is 259 g/mol. The van der Waals surface area contributed by atoms with Crippen molar-refractivity contribution in [1.29, 1.82) is 0 Å². The van der Waals surface area contributed by atoms with Crippen LogP contribution in [0.4, 0.5) is 4.39 Å². The van der Waals surface area contributed by atoms with E-state index in [0.29, 0.717) is 12.9 Å². The third-order valence-corrected chi connectivity index (χ3v) is 4.37. The first kappa shape index (κ1) is 13.6. The monoisotopic (exact) mass is 278 g/mol. The van der Waals surface area contributed by atoms with Crippen LogP contribution in [-0.2, 0) is 4.74 Å². The van der Waals surface area contributed by atoms with E-state index in [2.05, 4.69) is 0 Å². The number of ether oxygens (including phenoxy) is 2. The summed E-state index contributed by atoms with van der Waals surface area (Å²) in [7, 11) is 0. The number of rotatable bonds is 3. The van der Waals surface area contributed by atoms with Crippen LogP contribution in [0.1, 0.15) is 48.9 Å². The number of benzene rings is 1. The minimum atomic E-state index is -0.471. The minimum absolute atomic E-state index is 0.0718. The van der Waals surface area contributed by atoms with Crippen LogP contribution in [-0.4, -0.2) is 24.6 Å². The number of aldehydes is 1. The van der Waals surface area contributed by atoms with Crippen molar-refractivity contribution in [3.63, 3.8) is 0 Å². The lowest BCUT2D eigenvalue weighted by molar-refractivity contribution is -0.108. The Hall–Kier alpha value is -1.42. The Balaban J connectivity index is 1.76. The molecule has 1 atom stereocenters. The standard InChI is InChI=1S/C16H19FO3/c17-14-5-3-4-12(11-18)15(14)20-13-6-9-19-16(10-13)7-1-2-8-16/h3-5,11,13H,1-2,6-10H2. The van der Waals surface area contributed by atoms with Gasteiger partial charge in [-0.2, -0.15) is 0 Å². The summed E-state index contributed by atoms with van der Waals surface area (Å²) in [5, 5.41) is 0. The van der Waals surface area contributed by atoms with E-state index in [1.165, 1.54) is 25.0 Å². The smallest absolute Gasteiger partial charge is 0.165 e. The molecule has 3 rings (SSSR count). The number of hydrogen-bond donors (Lipinski definition) is 0. The SMILES string of the molecule is O=Cc1cccc(F)c1OC1CCOC2(CCCC2)C1. The first-order valence-electron chi connectivity index (χ1n) is 7.27. The van der Waals surface area contributed by atoms with Gasteiger partial charge in [0.15, 0.2) is 17.9 Å². The second kappa shape index (κ2) is 5.52. The predicted molar refractivity (Wildman–Crippen MR) is 72.6 cm³/mol. The lowest BCUT2D eigenvalue weighted by Gasteiger charge is -2.38. The van der Waals surface area contributed by atoms with Crippen molar-refractivity contribution in [3.05, 3.63) is 29.6 Å². The van der Waals surface area contributed by atoms with E-state index in [1.54, 1.807) is 6.07 Å². The van der Waals surface area contributed by atoms with Crippen molar-refractivity contribution < 1.29 is 18.7 Å². The van der Waals surface area contributed by atoms with E-state index < -0.39 is 5.82 Å². The van der Waals surface area contributed by atoms with Crippen LogP contribution >= 0.6 is 0 Å². The first-order valence-corrected chi connectivity index (χ1v) is 7.27. The van der Waals surface area contributed by atoms with Gasteiger partial charge in [-0.05, 0) is 25.0 Å². The molecule has 1 aromatic rings. The van der Waals surface area contributed by atoms with Gasteiger partial charge in [0, 0.05) is 12.8 Å². The maximum atomic E-state index is 13.8. The summed E-state index contributed by atoms with van der Waals surface area (Å²) >= 11 is 0. The Morgan fingerprint density at radius 1 is 1.35 bits per heavy atom. The molecule has 3 nitrogen and oxygen atoms in total. The van der Waals surface area contributed by atoms with Crippen molar-refractivity contribution in [1.82, 2.24) is 0 Å². The van der Waals surface area contributed by atoms with E-state index >= 15 is 0 Å². The van der Waals surface area contributed by atoms with Gasteiger partial charge in [-0.3, -0.25) is 4.79 Å². The van der Waals surface area contributed by atoms with E-state index in [-0.39, 0.29) is 23.0 Å². The van der Waals surface area contributed by atoms with Crippen LogP contribution in [0.3, 0.4) is 0 Å². The number of carbonyl (C=O) groups excluding carboxylic acids is 1. The van der Waals surface area contributed by atoms with E-state index in [9.17, 15) is 9.18 Å². The summed E-state index contributed by atoms with van der Waals surface area (Å²) in [6.45, 7) is 0.648. The van der Waals surface area contributed by atoms with Gasteiger partial charge in [-0.15, -0.1) is 0 Å². The molecule has 1 heterocycles. The molecule has 108 valence electrons. The number of para-hydroxylation sites is 1. The average Bonchev–Trinajstić information content (AvgIpc) is 2.89. The molecule has 0 amide bonds. The van der Waals surface area contributed by atoms with Crippen LogP contribution in [0.2, 0.25) is 0 Å². The average molecular weight is 278 g/mol. The molecule has 20 heavy (non-hydrogen) atoms. The molecule has 1 aromatic carbocycles. The van der Waals surface area contributed by atoms with Crippen molar-refractivity contribution in [2.24, 2.45) is 0 Å². The molecule has 1 spiro atoms. The second-order valence-electron chi connectivity index (χ2n) is 5.75. The van der Waals surface area contributed by atoms with Gasteiger partial charge in [0.05, 0.1) is 17.8 Å². The van der Waals surface area contributed by atoms with Gasteiger partial charge >= 0.3 is 0 Å². The zero-order valence-electron chi connectivity index (χ0n) is 11.4. The van der Waals surface area contributed by atoms with Gasteiger partial charge in [0.25, 0.3) is 0 Å². The topological polar surface area (TPSA) is 35.5 Å². The molecule has 1 saturated carbocycles. The third kappa shape index (κ3) is 2.57. The fraction of sp³-hybridized carbons (Fsp3) is 0.562. The molecule has 1 aliphatic heterocycles. The lowest BCUT2D eigenvalue weighted by atomic mass is 9.90. The Morgan fingerprint density at radius 3 is 2.90 bits per heavy atom. The van der Waals surface area contributed by atoms with Gasteiger partial charge in [-0.1, -0.05) is 18.9 Å².